The minimum absolute atomic E-state index is 0.223. The molecule has 1 saturated carbocycles. The Balaban J connectivity index is 1.83. The molecule has 2 fully saturated rings. The Hall–Kier alpha value is -1.14. The summed E-state index contributed by atoms with van der Waals surface area (Å²) in [6.45, 7) is 0. The molecule has 0 aromatic rings. The van der Waals surface area contributed by atoms with Gasteiger partial charge in [-0.2, -0.15) is 0 Å². The van der Waals surface area contributed by atoms with Crippen LogP contribution in [0.3, 0.4) is 0 Å². The van der Waals surface area contributed by atoms with Crippen molar-refractivity contribution in [1.29, 1.82) is 0 Å². The van der Waals surface area contributed by atoms with Crippen LogP contribution in [0.4, 0.5) is 0 Å². The standard InChI is InChI=1S/C12H19NO5/c14-8-4-2-1-3-7(8)13-11(15)9-5-6-10(18-9)12(16)17/h7-10,14H,1-6H2,(H,13,15)(H,16,17)/t7?,8?,9-,10+/m0/s1. The lowest BCUT2D eigenvalue weighted by Gasteiger charge is -2.29. The van der Waals surface area contributed by atoms with E-state index in [0.29, 0.717) is 19.3 Å². The molecular weight excluding hydrogens is 238 g/mol. The first kappa shape index (κ1) is 13.3. The van der Waals surface area contributed by atoms with Crippen LogP contribution in [0.2, 0.25) is 0 Å². The first-order chi connectivity index (χ1) is 8.58. The molecule has 2 unspecified atom stereocenters. The van der Waals surface area contributed by atoms with Crippen LogP contribution >= 0.6 is 0 Å². The highest BCUT2D eigenvalue weighted by Gasteiger charge is 2.36. The summed E-state index contributed by atoms with van der Waals surface area (Å²) in [6, 6.07) is -0.223. The first-order valence-corrected chi connectivity index (χ1v) is 6.44. The van der Waals surface area contributed by atoms with Gasteiger partial charge in [0.15, 0.2) is 6.10 Å². The van der Waals surface area contributed by atoms with Crippen molar-refractivity contribution in [1.82, 2.24) is 5.32 Å². The Morgan fingerprint density at radius 3 is 2.33 bits per heavy atom. The molecule has 3 N–H and O–H groups in total. The van der Waals surface area contributed by atoms with E-state index < -0.39 is 24.3 Å². The van der Waals surface area contributed by atoms with Gasteiger partial charge in [-0.15, -0.1) is 0 Å². The van der Waals surface area contributed by atoms with Gasteiger partial charge in [0.25, 0.3) is 0 Å². The van der Waals surface area contributed by atoms with Crippen molar-refractivity contribution in [3.63, 3.8) is 0 Å². The third kappa shape index (κ3) is 3.00. The molecule has 0 spiro atoms. The molecule has 6 heteroatoms. The van der Waals surface area contributed by atoms with Crippen LogP contribution in [0.25, 0.3) is 0 Å². The number of carbonyl (C=O) groups is 2. The summed E-state index contributed by atoms with van der Waals surface area (Å²) < 4.78 is 5.17. The number of aliphatic hydroxyl groups excluding tert-OH is 1. The molecule has 1 saturated heterocycles. The average Bonchev–Trinajstić information content (AvgIpc) is 2.81. The smallest absolute Gasteiger partial charge is 0.332 e. The Morgan fingerprint density at radius 1 is 1.06 bits per heavy atom. The van der Waals surface area contributed by atoms with Crippen molar-refractivity contribution in [3.8, 4) is 0 Å². The lowest BCUT2D eigenvalue weighted by molar-refractivity contribution is -0.152. The van der Waals surface area contributed by atoms with Crippen molar-refractivity contribution in [2.75, 3.05) is 0 Å². The van der Waals surface area contributed by atoms with E-state index in [1.54, 1.807) is 0 Å². The van der Waals surface area contributed by atoms with Gasteiger partial charge in [-0.25, -0.2) is 4.79 Å². The summed E-state index contributed by atoms with van der Waals surface area (Å²) in [6.07, 6.45) is 2.15. The number of aliphatic hydroxyl groups is 1. The van der Waals surface area contributed by atoms with Gasteiger partial charge in [-0.1, -0.05) is 12.8 Å². The van der Waals surface area contributed by atoms with Gasteiger partial charge in [0.1, 0.15) is 6.10 Å². The summed E-state index contributed by atoms with van der Waals surface area (Å²) >= 11 is 0. The molecule has 1 aliphatic carbocycles. The minimum atomic E-state index is -1.02. The molecule has 0 aromatic carbocycles. The summed E-state index contributed by atoms with van der Waals surface area (Å²) in [5.41, 5.74) is 0. The fourth-order valence-corrected chi connectivity index (χ4v) is 2.57. The van der Waals surface area contributed by atoms with E-state index in [1.807, 2.05) is 0 Å². The molecule has 0 aromatic heterocycles. The molecule has 1 heterocycles. The number of ether oxygens (including phenoxy) is 1. The molecular formula is C12H19NO5. The molecule has 102 valence electrons. The number of hydrogen-bond acceptors (Lipinski definition) is 4. The minimum Gasteiger partial charge on any atom is -0.479 e. The molecule has 0 bridgehead atoms. The molecule has 1 amide bonds. The Labute approximate surface area is 105 Å². The number of nitrogens with one attached hydrogen (secondary N) is 1. The predicted octanol–water partition coefficient (Wildman–Crippen LogP) is 0.0383. The van der Waals surface area contributed by atoms with Crippen molar-refractivity contribution in [2.24, 2.45) is 0 Å². The Kier molecular flexibility index (Phi) is 4.19. The Bertz CT molecular complexity index is 332. The van der Waals surface area contributed by atoms with Gasteiger partial charge in [-0.05, 0) is 25.7 Å². The second-order valence-electron chi connectivity index (χ2n) is 5.00. The van der Waals surface area contributed by atoms with Crippen LogP contribution in [0.15, 0.2) is 0 Å². The van der Waals surface area contributed by atoms with E-state index in [-0.39, 0.29) is 11.9 Å². The maximum Gasteiger partial charge on any atom is 0.332 e. The maximum atomic E-state index is 11.9. The highest BCUT2D eigenvalue weighted by Crippen LogP contribution is 2.22. The molecule has 2 rings (SSSR count). The van der Waals surface area contributed by atoms with Gasteiger partial charge in [0.05, 0.1) is 12.1 Å². The quantitative estimate of drug-likeness (QED) is 0.663. The van der Waals surface area contributed by atoms with E-state index in [2.05, 4.69) is 5.32 Å². The van der Waals surface area contributed by atoms with Crippen LogP contribution in [0, 0.1) is 0 Å². The molecule has 4 atom stereocenters. The molecule has 6 nitrogen and oxygen atoms in total. The fraction of sp³-hybridized carbons (Fsp3) is 0.833. The second kappa shape index (κ2) is 5.67. The van der Waals surface area contributed by atoms with E-state index in [1.165, 1.54) is 0 Å². The molecule has 18 heavy (non-hydrogen) atoms. The maximum absolute atomic E-state index is 11.9. The molecule has 2 aliphatic rings. The van der Waals surface area contributed by atoms with E-state index in [4.69, 9.17) is 9.84 Å². The van der Waals surface area contributed by atoms with E-state index in [0.717, 1.165) is 19.3 Å². The van der Waals surface area contributed by atoms with Gasteiger partial charge >= 0.3 is 5.97 Å². The topological polar surface area (TPSA) is 95.9 Å². The monoisotopic (exact) mass is 257 g/mol. The fourth-order valence-electron chi connectivity index (χ4n) is 2.57. The highest BCUT2D eigenvalue weighted by molar-refractivity contribution is 5.82. The van der Waals surface area contributed by atoms with Crippen molar-refractivity contribution < 1.29 is 24.5 Å². The van der Waals surface area contributed by atoms with Crippen LogP contribution in [-0.4, -0.2) is 46.4 Å². The highest BCUT2D eigenvalue weighted by atomic mass is 16.5. The predicted molar refractivity (Wildman–Crippen MR) is 61.9 cm³/mol. The number of aliphatic carboxylic acids is 1. The van der Waals surface area contributed by atoms with Crippen molar-refractivity contribution in [3.05, 3.63) is 0 Å². The van der Waals surface area contributed by atoms with Crippen LogP contribution in [0.5, 0.6) is 0 Å². The van der Waals surface area contributed by atoms with Crippen molar-refractivity contribution >= 4 is 11.9 Å². The van der Waals surface area contributed by atoms with E-state index >= 15 is 0 Å². The number of carboxylic acid groups (broad SMARTS) is 1. The molecule has 1 aliphatic heterocycles. The number of carboxylic acids is 1. The average molecular weight is 257 g/mol. The summed E-state index contributed by atoms with van der Waals surface area (Å²) in [7, 11) is 0. The number of amides is 1. The number of hydrogen-bond donors (Lipinski definition) is 3. The lowest BCUT2D eigenvalue weighted by Crippen LogP contribution is -2.48. The SMILES string of the molecule is O=C(NC1CCCCC1O)[C@@H]1CC[C@H](C(=O)O)O1. The third-order valence-electron chi connectivity index (χ3n) is 3.64. The van der Waals surface area contributed by atoms with Crippen LogP contribution in [0.1, 0.15) is 38.5 Å². The van der Waals surface area contributed by atoms with Gasteiger partial charge in [0.2, 0.25) is 5.91 Å². The zero-order valence-corrected chi connectivity index (χ0v) is 10.2. The second-order valence-corrected chi connectivity index (χ2v) is 5.00. The first-order valence-electron chi connectivity index (χ1n) is 6.44. The third-order valence-corrected chi connectivity index (χ3v) is 3.64. The van der Waals surface area contributed by atoms with Gasteiger partial charge in [-0.3, -0.25) is 4.79 Å². The zero-order chi connectivity index (χ0) is 13.1. The normalized spacial score (nSPS) is 36.3. The van der Waals surface area contributed by atoms with Gasteiger partial charge in [0, 0.05) is 0 Å². The number of carbonyl (C=O) groups excluding carboxylic acids is 1. The number of rotatable bonds is 3. The van der Waals surface area contributed by atoms with Crippen LogP contribution < -0.4 is 5.32 Å². The summed E-state index contributed by atoms with van der Waals surface area (Å²) in [5.74, 6) is -1.33. The summed E-state index contributed by atoms with van der Waals surface area (Å²) in [5, 5.41) is 21.3. The van der Waals surface area contributed by atoms with Gasteiger partial charge < -0.3 is 20.3 Å². The lowest BCUT2D eigenvalue weighted by atomic mass is 9.92. The zero-order valence-electron chi connectivity index (χ0n) is 10.2. The van der Waals surface area contributed by atoms with E-state index in [9.17, 15) is 14.7 Å². The van der Waals surface area contributed by atoms with Crippen LogP contribution in [-0.2, 0) is 14.3 Å². The van der Waals surface area contributed by atoms with Crippen molar-refractivity contribution in [2.45, 2.75) is 62.9 Å². The Morgan fingerprint density at radius 2 is 1.72 bits per heavy atom. The molecule has 0 radical (unpaired) electrons. The summed E-state index contributed by atoms with van der Waals surface area (Å²) in [4.78, 5) is 22.6. The largest absolute Gasteiger partial charge is 0.479 e.